The molecule has 1 saturated carbocycles. The SMILES string of the molecule is COc1ccc(-c2cnc(SCC(=O)NCC3CCCN(CC4CCCN(CCC5CCCCC5)C4)C3)nc2)cc1OC. The van der Waals surface area contributed by atoms with Crippen LogP contribution in [-0.4, -0.2) is 91.5 Å². The van der Waals surface area contributed by atoms with Crippen molar-refractivity contribution in [3.63, 3.8) is 0 Å². The molecule has 2 atom stereocenters. The Morgan fingerprint density at radius 3 is 2.33 bits per heavy atom. The molecule has 0 spiro atoms. The fourth-order valence-electron chi connectivity index (χ4n) is 7.19. The number of aromatic nitrogens is 2. The molecule has 1 N–H and O–H groups in total. The largest absolute Gasteiger partial charge is 0.493 e. The van der Waals surface area contributed by atoms with E-state index in [0.29, 0.717) is 28.3 Å². The Hall–Kier alpha value is -2.36. The molecule has 2 aliphatic heterocycles. The molecule has 9 heteroatoms. The van der Waals surface area contributed by atoms with Crippen molar-refractivity contribution in [1.29, 1.82) is 0 Å². The Morgan fingerprint density at radius 2 is 1.56 bits per heavy atom. The van der Waals surface area contributed by atoms with Crippen molar-refractivity contribution in [3.8, 4) is 22.6 Å². The average Bonchev–Trinajstić information content (AvgIpc) is 3.06. The van der Waals surface area contributed by atoms with E-state index in [4.69, 9.17) is 9.47 Å². The molecule has 8 nitrogen and oxygen atoms in total. The van der Waals surface area contributed by atoms with E-state index in [-0.39, 0.29) is 5.91 Å². The number of amides is 1. The van der Waals surface area contributed by atoms with Gasteiger partial charge in [-0.2, -0.15) is 0 Å². The zero-order valence-corrected chi connectivity index (χ0v) is 27.1. The summed E-state index contributed by atoms with van der Waals surface area (Å²) in [7, 11) is 3.24. The van der Waals surface area contributed by atoms with Crippen LogP contribution >= 0.6 is 11.8 Å². The second kappa shape index (κ2) is 16.6. The van der Waals surface area contributed by atoms with E-state index in [9.17, 15) is 4.79 Å². The van der Waals surface area contributed by atoms with Crippen LogP contribution in [0.15, 0.2) is 35.7 Å². The Labute approximate surface area is 262 Å². The van der Waals surface area contributed by atoms with Gasteiger partial charge in [0.05, 0.1) is 20.0 Å². The summed E-state index contributed by atoms with van der Waals surface area (Å²) in [6, 6.07) is 5.73. The summed E-state index contributed by atoms with van der Waals surface area (Å²) in [5.74, 6) is 4.03. The standard InChI is InChI=1S/C34H51N5O3S/c1-41-31-13-12-29(18-32(31)42-2)30-20-36-34(37-21-30)43-25-33(40)35-19-27-10-6-16-39(22-27)24-28-11-7-15-38(23-28)17-14-26-8-4-3-5-9-26/h12-13,18,20-21,26-28H,3-11,14-17,19,22-25H2,1-2H3,(H,35,40). The van der Waals surface area contributed by atoms with Crippen LogP contribution < -0.4 is 14.8 Å². The van der Waals surface area contributed by atoms with Crippen LogP contribution in [0.2, 0.25) is 0 Å². The molecule has 5 rings (SSSR count). The van der Waals surface area contributed by atoms with Gasteiger partial charge in [0.2, 0.25) is 5.91 Å². The van der Waals surface area contributed by atoms with Crippen LogP contribution in [-0.2, 0) is 4.79 Å². The van der Waals surface area contributed by atoms with Gasteiger partial charge in [0.15, 0.2) is 16.7 Å². The number of ether oxygens (including phenoxy) is 2. The Bertz CT molecular complexity index is 1140. The molecule has 1 aromatic carbocycles. The maximum absolute atomic E-state index is 12.7. The number of likely N-dealkylation sites (tertiary alicyclic amines) is 2. The van der Waals surface area contributed by atoms with E-state index in [1.165, 1.54) is 109 Å². The molecular weight excluding hydrogens is 558 g/mol. The first kappa shape index (κ1) is 32.0. The Balaban J connectivity index is 0.996. The van der Waals surface area contributed by atoms with E-state index < -0.39 is 0 Å². The minimum atomic E-state index is 0.0515. The first-order valence-electron chi connectivity index (χ1n) is 16.5. The first-order chi connectivity index (χ1) is 21.1. The van der Waals surface area contributed by atoms with Gasteiger partial charge < -0.3 is 24.6 Å². The number of hydrogen-bond donors (Lipinski definition) is 1. The van der Waals surface area contributed by atoms with Crippen LogP contribution in [0.25, 0.3) is 11.1 Å². The summed E-state index contributed by atoms with van der Waals surface area (Å²) in [4.78, 5) is 27.0. The maximum atomic E-state index is 12.7. The van der Waals surface area contributed by atoms with Gasteiger partial charge in [0.25, 0.3) is 0 Å². The highest BCUT2D eigenvalue weighted by Crippen LogP contribution is 2.32. The monoisotopic (exact) mass is 609 g/mol. The quantitative estimate of drug-likeness (QED) is 0.227. The molecule has 2 saturated heterocycles. The van der Waals surface area contributed by atoms with Gasteiger partial charge in [0, 0.05) is 44.1 Å². The van der Waals surface area contributed by atoms with Gasteiger partial charge in [-0.3, -0.25) is 4.79 Å². The summed E-state index contributed by atoms with van der Waals surface area (Å²) in [6.45, 7) is 8.16. The number of hydrogen-bond acceptors (Lipinski definition) is 8. The Morgan fingerprint density at radius 1 is 0.860 bits per heavy atom. The van der Waals surface area contributed by atoms with E-state index in [2.05, 4.69) is 25.1 Å². The lowest BCUT2D eigenvalue weighted by atomic mass is 9.86. The molecular formula is C34H51N5O3S. The number of thioether (sulfide) groups is 1. The van der Waals surface area contributed by atoms with Gasteiger partial charge in [-0.25, -0.2) is 9.97 Å². The number of piperidine rings is 2. The van der Waals surface area contributed by atoms with Gasteiger partial charge in [-0.05, 0) is 87.2 Å². The third kappa shape index (κ3) is 9.82. The summed E-state index contributed by atoms with van der Waals surface area (Å²) < 4.78 is 10.7. The zero-order valence-electron chi connectivity index (χ0n) is 26.3. The molecule has 43 heavy (non-hydrogen) atoms. The predicted octanol–water partition coefficient (Wildman–Crippen LogP) is 5.76. The molecule has 1 aromatic heterocycles. The van der Waals surface area contributed by atoms with Crippen molar-refractivity contribution in [2.24, 2.45) is 17.8 Å². The van der Waals surface area contributed by atoms with Crippen molar-refractivity contribution in [3.05, 3.63) is 30.6 Å². The number of nitrogens with zero attached hydrogens (tertiary/aromatic N) is 4. The molecule has 2 aromatic rings. The zero-order chi connectivity index (χ0) is 29.9. The van der Waals surface area contributed by atoms with Crippen molar-refractivity contribution >= 4 is 17.7 Å². The van der Waals surface area contributed by atoms with Crippen LogP contribution in [0.1, 0.15) is 64.2 Å². The molecule has 3 aliphatic rings. The summed E-state index contributed by atoms with van der Waals surface area (Å²) in [6.07, 6.45) is 17.4. The van der Waals surface area contributed by atoms with Gasteiger partial charge in [-0.1, -0.05) is 49.9 Å². The first-order valence-corrected chi connectivity index (χ1v) is 17.5. The minimum Gasteiger partial charge on any atom is -0.493 e. The molecule has 3 heterocycles. The normalized spacial score (nSPS) is 22.3. The van der Waals surface area contributed by atoms with Crippen LogP contribution in [0.3, 0.4) is 0 Å². The summed E-state index contributed by atoms with van der Waals surface area (Å²) in [5, 5.41) is 3.79. The second-order valence-corrected chi connectivity index (χ2v) is 13.7. The highest BCUT2D eigenvalue weighted by molar-refractivity contribution is 7.99. The smallest absolute Gasteiger partial charge is 0.230 e. The lowest BCUT2D eigenvalue weighted by Crippen LogP contribution is -2.46. The van der Waals surface area contributed by atoms with E-state index >= 15 is 0 Å². The Kier molecular flexibility index (Phi) is 12.4. The van der Waals surface area contributed by atoms with Crippen LogP contribution in [0.4, 0.5) is 0 Å². The molecule has 0 radical (unpaired) electrons. The number of carbonyl (C=O) groups excluding carboxylic acids is 1. The third-order valence-corrected chi connectivity index (χ3v) is 10.4. The maximum Gasteiger partial charge on any atom is 0.230 e. The second-order valence-electron chi connectivity index (χ2n) is 12.8. The summed E-state index contributed by atoms with van der Waals surface area (Å²) >= 11 is 1.38. The number of benzene rings is 1. The number of rotatable bonds is 13. The highest BCUT2D eigenvalue weighted by Gasteiger charge is 2.26. The van der Waals surface area contributed by atoms with Crippen molar-refractivity contribution < 1.29 is 14.3 Å². The van der Waals surface area contributed by atoms with Crippen molar-refractivity contribution in [1.82, 2.24) is 25.1 Å². The van der Waals surface area contributed by atoms with Gasteiger partial charge >= 0.3 is 0 Å². The van der Waals surface area contributed by atoms with Crippen LogP contribution in [0, 0.1) is 17.8 Å². The fraction of sp³-hybridized carbons (Fsp3) is 0.676. The topological polar surface area (TPSA) is 79.8 Å². The lowest BCUT2D eigenvalue weighted by molar-refractivity contribution is -0.118. The minimum absolute atomic E-state index is 0.0515. The molecule has 1 amide bonds. The molecule has 0 bridgehead atoms. The fourth-order valence-corrected chi connectivity index (χ4v) is 7.80. The van der Waals surface area contributed by atoms with Crippen LogP contribution in [0.5, 0.6) is 11.5 Å². The van der Waals surface area contributed by atoms with E-state index in [0.717, 1.165) is 36.1 Å². The predicted molar refractivity (Wildman–Crippen MR) is 174 cm³/mol. The van der Waals surface area contributed by atoms with Crippen molar-refractivity contribution in [2.45, 2.75) is 69.4 Å². The van der Waals surface area contributed by atoms with Gasteiger partial charge in [0.1, 0.15) is 0 Å². The van der Waals surface area contributed by atoms with E-state index in [1.54, 1.807) is 26.6 Å². The molecule has 236 valence electrons. The van der Waals surface area contributed by atoms with E-state index in [1.807, 2.05) is 18.2 Å². The average molecular weight is 610 g/mol. The number of carbonyl (C=O) groups is 1. The molecule has 1 aliphatic carbocycles. The lowest BCUT2D eigenvalue weighted by Gasteiger charge is -2.39. The number of nitrogens with one attached hydrogen (secondary N) is 1. The third-order valence-electron chi connectivity index (χ3n) is 9.57. The molecule has 3 fully saturated rings. The van der Waals surface area contributed by atoms with Crippen molar-refractivity contribution in [2.75, 3.05) is 65.8 Å². The summed E-state index contributed by atoms with van der Waals surface area (Å²) in [5.41, 5.74) is 1.83. The van der Waals surface area contributed by atoms with Gasteiger partial charge in [-0.15, -0.1) is 0 Å². The highest BCUT2D eigenvalue weighted by atomic mass is 32.2. The number of methoxy groups -OCH3 is 2. The molecule has 2 unspecified atom stereocenters.